The third-order valence-electron chi connectivity index (χ3n) is 5.80. The van der Waals surface area contributed by atoms with Gasteiger partial charge < -0.3 is 30.9 Å². The van der Waals surface area contributed by atoms with Crippen molar-refractivity contribution in [3.8, 4) is 17.4 Å². The van der Waals surface area contributed by atoms with Gasteiger partial charge in [-0.3, -0.25) is 9.59 Å². The number of nitrogens with one attached hydrogen (secondary N) is 2. The molecule has 36 heavy (non-hydrogen) atoms. The molecule has 3 aromatic rings. The Kier molecular flexibility index (Phi) is 7.52. The van der Waals surface area contributed by atoms with Crippen LogP contribution in [0.2, 0.25) is 0 Å². The van der Waals surface area contributed by atoms with E-state index in [0.717, 1.165) is 23.2 Å². The Morgan fingerprint density at radius 2 is 1.97 bits per heavy atom. The van der Waals surface area contributed by atoms with Crippen LogP contribution in [-0.2, 0) is 17.6 Å². The zero-order valence-corrected chi connectivity index (χ0v) is 20.3. The molecule has 9 heteroatoms. The summed E-state index contributed by atoms with van der Waals surface area (Å²) in [5.74, 6) is 1.02. The minimum atomic E-state index is -0.713. The van der Waals surface area contributed by atoms with Crippen LogP contribution in [0.4, 0.5) is 5.69 Å². The number of carbonyl (C=O) groups excluding carboxylic acids is 2. The molecule has 1 aromatic heterocycles. The van der Waals surface area contributed by atoms with E-state index in [-0.39, 0.29) is 24.5 Å². The maximum absolute atomic E-state index is 11.6. The van der Waals surface area contributed by atoms with Crippen LogP contribution < -0.4 is 25.8 Å². The van der Waals surface area contributed by atoms with Gasteiger partial charge in [0.25, 0.3) is 0 Å². The van der Waals surface area contributed by atoms with E-state index in [0.29, 0.717) is 29.5 Å². The first-order valence-corrected chi connectivity index (χ1v) is 11.7. The molecule has 5 N–H and O–H groups in total. The lowest BCUT2D eigenvalue weighted by Gasteiger charge is -2.28. The fourth-order valence-corrected chi connectivity index (χ4v) is 3.95. The summed E-state index contributed by atoms with van der Waals surface area (Å²) >= 11 is 0. The van der Waals surface area contributed by atoms with E-state index in [1.54, 1.807) is 12.1 Å². The van der Waals surface area contributed by atoms with E-state index in [4.69, 9.17) is 15.2 Å². The van der Waals surface area contributed by atoms with E-state index in [1.807, 2.05) is 42.5 Å². The smallest absolute Gasteiger partial charge is 0.250 e. The first-order valence-electron chi connectivity index (χ1n) is 11.7. The van der Waals surface area contributed by atoms with Crippen LogP contribution >= 0.6 is 0 Å². The van der Waals surface area contributed by atoms with Gasteiger partial charge in [-0.2, -0.15) is 0 Å². The number of benzene rings is 2. The van der Waals surface area contributed by atoms with Crippen molar-refractivity contribution in [2.24, 2.45) is 5.73 Å². The maximum Gasteiger partial charge on any atom is 0.250 e. The van der Waals surface area contributed by atoms with Crippen molar-refractivity contribution < 1.29 is 24.2 Å². The third kappa shape index (κ3) is 6.59. The first kappa shape index (κ1) is 25.2. The molecule has 0 aliphatic carbocycles. The van der Waals surface area contributed by atoms with Crippen LogP contribution in [0.3, 0.4) is 0 Å². The highest BCUT2D eigenvalue weighted by atomic mass is 16.5. The Hall–Kier alpha value is -3.95. The van der Waals surface area contributed by atoms with Crippen molar-refractivity contribution in [3.63, 3.8) is 0 Å². The minimum Gasteiger partial charge on any atom is -0.490 e. The molecule has 0 saturated heterocycles. The van der Waals surface area contributed by atoms with Gasteiger partial charge in [-0.25, -0.2) is 4.98 Å². The topological polar surface area (TPSA) is 136 Å². The highest BCUT2D eigenvalue weighted by molar-refractivity contribution is 6.00. The Bertz CT molecular complexity index is 1230. The van der Waals surface area contributed by atoms with Crippen LogP contribution in [0.1, 0.15) is 35.3 Å². The molecule has 2 aromatic carbocycles. The number of hydrogen-bond donors (Lipinski definition) is 4. The van der Waals surface area contributed by atoms with Gasteiger partial charge in [0.15, 0.2) is 0 Å². The van der Waals surface area contributed by atoms with Gasteiger partial charge in [0.05, 0.1) is 12.0 Å². The number of primary amides is 1. The molecule has 0 fully saturated rings. The number of nitrogens with zero attached hydrogens (tertiary/aromatic N) is 1. The molecule has 1 aliphatic heterocycles. The lowest BCUT2D eigenvalue weighted by Crippen LogP contribution is -2.46. The molecule has 4 rings (SSSR count). The number of hydrogen-bond acceptors (Lipinski definition) is 7. The van der Waals surface area contributed by atoms with Crippen LogP contribution in [0.15, 0.2) is 60.8 Å². The lowest BCUT2D eigenvalue weighted by atomic mass is 9.94. The number of aromatic nitrogens is 1. The number of carbonyl (C=O) groups is 2. The standard InChI is InChI=1S/C27H30N4O5/c1-27(2,30-15-19(32)16-35-23-5-3-4-22-21(23)12-24(33)31-22)13-17-6-9-20(10-7-17)36-25-11-8-18(14-29-25)26(28)34/h3-11,14,19,30,32H,12-13,15-16H2,1-2H3,(H2,28,34)(H,31,33)/t19-/m0/s1. The van der Waals surface area contributed by atoms with Crippen LogP contribution in [-0.4, -0.2) is 46.7 Å². The number of aliphatic hydroxyl groups excluding tert-OH is 1. The van der Waals surface area contributed by atoms with Crippen molar-refractivity contribution in [1.82, 2.24) is 10.3 Å². The minimum absolute atomic E-state index is 0.0554. The van der Waals surface area contributed by atoms with E-state index >= 15 is 0 Å². The number of amides is 2. The summed E-state index contributed by atoms with van der Waals surface area (Å²) in [5.41, 5.74) is 7.96. The van der Waals surface area contributed by atoms with Crippen molar-refractivity contribution in [1.29, 1.82) is 0 Å². The Morgan fingerprint density at radius 3 is 2.67 bits per heavy atom. The quantitative estimate of drug-likeness (QED) is 0.324. The molecule has 9 nitrogen and oxygen atoms in total. The summed E-state index contributed by atoms with van der Waals surface area (Å²) in [5, 5.41) is 16.6. The van der Waals surface area contributed by atoms with Crippen molar-refractivity contribution in [2.45, 2.75) is 38.3 Å². The SMILES string of the molecule is CC(C)(Cc1ccc(Oc2ccc(C(N)=O)cn2)cc1)NC[C@H](O)COc1cccc2c1CC(=O)N2. The van der Waals surface area contributed by atoms with E-state index < -0.39 is 12.0 Å². The van der Waals surface area contributed by atoms with Gasteiger partial charge in [0, 0.05) is 35.6 Å². The average molecular weight is 491 g/mol. The molecule has 0 radical (unpaired) electrons. The Labute approximate surface area is 209 Å². The summed E-state index contributed by atoms with van der Waals surface area (Å²) < 4.78 is 11.5. The average Bonchev–Trinajstić information content (AvgIpc) is 3.23. The summed E-state index contributed by atoms with van der Waals surface area (Å²) in [7, 11) is 0. The summed E-state index contributed by atoms with van der Waals surface area (Å²) in [4.78, 5) is 26.9. The van der Waals surface area contributed by atoms with E-state index in [1.165, 1.54) is 6.20 Å². The van der Waals surface area contributed by atoms with Crippen LogP contribution in [0.5, 0.6) is 17.4 Å². The zero-order valence-electron chi connectivity index (χ0n) is 20.3. The largest absolute Gasteiger partial charge is 0.490 e. The fourth-order valence-electron chi connectivity index (χ4n) is 3.95. The van der Waals surface area contributed by atoms with Crippen molar-refractivity contribution in [3.05, 3.63) is 77.5 Å². The number of aliphatic hydroxyl groups is 1. The number of rotatable bonds is 11. The molecule has 1 aliphatic rings. The van der Waals surface area contributed by atoms with Gasteiger partial charge in [-0.05, 0) is 56.2 Å². The Morgan fingerprint density at radius 1 is 1.19 bits per heavy atom. The van der Waals surface area contributed by atoms with Crippen LogP contribution in [0, 0.1) is 0 Å². The van der Waals surface area contributed by atoms with Gasteiger partial charge in [-0.1, -0.05) is 18.2 Å². The summed E-state index contributed by atoms with van der Waals surface area (Å²) in [6.45, 7) is 4.61. The Balaban J connectivity index is 1.24. The highest BCUT2D eigenvalue weighted by Crippen LogP contribution is 2.31. The van der Waals surface area contributed by atoms with Gasteiger partial charge in [0.2, 0.25) is 17.7 Å². The van der Waals surface area contributed by atoms with E-state index in [2.05, 4.69) is 29.5 Å². The van der Waals surface area contributed by atoms with Gasteiger partial charge in [0.1, 0.15) is 24.2 Å². The third-order valence-corrected chi connectivity index (χ3v) is 5.80. The normalized spacial score (nSPS) is 13.6. The molecular formula is C27H30N4O5. The monoisotopic (exact) mass is 490 g/mol. The second-order valence-electron chi connectivity index (χ2n) is 9.41. The van der Waals surface area contributed by atoms with Gasteiger partial charge >= 0.3 is 0 Å². The number of pyridine rings is 1. The second kappa shape index (κ2) is 10.8. The predicted octanol–water partition coefficient (Wildman–Crippen LogP) is 2.82. The number of anilines is 1. The first-order chi connectivity index (χ1) is 17.2. The van der Waals surface area contributed by atoms with Crippen molar-refractivity contribution in [2.75, 3.05) is 18.5 Å². The molecule has 0 spiro atoms. The molecule has 188 valence electrons. The van der Waals surface area contributed by atoms with E-state index in [9.17, 15) is 14.7 Å². The molecule has 2 heterocycles. The lowest BCUT2D eigenvalue weighted by molar-refractivity contribution is -0.115. The zero-order chi connectivity index (χ0) is 25.7. The number of ether oxygens (including phenoxy) is 2. The second-order valence-corrected chi connectivity index (χ2v) is 9.41. The fraction of sp³-hybridized carbons (Fsp3) is 0.296. The number of β-amino-alcohol motifs (C(OH)–C–C–N with tert-alkyl or cyclic N) is 1. The number of fused-ring (bicyclic) bond motifs is 1. The van der Waals surface area contributed by atoms with Crippen LogP contribution in [0.25, 0.3) is 0 Å². The maximum atomic E-state index is 11.6. The molecule has 0 unspecified atom stereocenters. The highest BCUT2D eigenvalue weighted by Gasteiger charge is 2.23. The molecule has 0 saturated carbocycles. The summed E-state index contributed by atoms with van der Waals surface area (Å²) in [6.07, 6.45) is 1.68. The predicted molar refractivity (Wildman–Crippen MR) is 135 cm³/mol. The van der Waals surface area contributed by atoms with Crippen molar-refractivity contribution >= 4 is 17.5 Å². The molecular weight excluding hydrogens is 460 g/mol. The molecule has 0 bridgehead atoms. The molecule has 1 atom stereocenters. The summed E-state index contributed by atoms with van der Waals surface area (Å²) in [6, 6.07) is 16.3. The van der Waals surface area contributed by atoms with Gasteiger partial charge in [-0.15, -0.1) is 0 Å². The number of nitrogens with two attached hydrogens (primary N) is 1. The molecule has 2 amide bonds.